The molecule has 6 rings (SSSR count). The van der Waals surface area contributed by atoms with E-state index < -0.39 is 0 Å². The highest BCUT2D eigenvalue weighted by atomic mass is 32.2. The van der Waals surface area contributed by atoms with Crippen molar-refractivity contribution in [2.75, 3.05) is 41.9 Å². The molecule has 2 aromatic rings. The number of anilines is 2. The zero-order valence-electron chi connectivity index (χ0n) is 15.5. The van der Waals surface area contributed by atoms with Crippen LogP contribution in [0.1, 0.15) is 19.3 Å². The molecule has 1 N–H and O–H groups in total. The maximum Gasteiger partial charge on any atom is 0.232 e. The Morgan fingerprint density at radius 3 is 2.54 bits per heavy atom. The zero-order chi connectivity index (χ0) is 19.2. The molecule has 148 valence electrons. The molecule has 0 aromatic carbocycles. The molecule has 28 heavy (non-hydrogen) atoms. The number of hydrogen-bond donors (Lipinski definition) is 1. The van der Waals surface area contributed by atoms with E-state index in [1.165, 1.54) is 11.3 Å². The summed E-state index contributed by atoms with van der Waals surface area (Å²) in [6.45, 7) is 1.94. The van der Waals surface area contributed by atoms with Gasteiger partial charge in [0, 0.05) is 31.7 Å². The summed E-state index contributed by atoms with van der Waals surface area (Å²) in [5.41, 5.74) is -0.312. The molecular formula is C18H21N5O3S2. The van der Waals surface area contributed by atoms with Crippen LogP contribution in [0.3, 0.4) is 0 Å². The summed E-state index contributed by atoms with van der Waals surface area (Å²) in [5, 5.41) is 4.05. The molecule has 4 fully saturated rings. The van der Waals surface area contributed by atoms with E-state index in [0.29, 0.717) is 15.9 Å². The smallest absolute Gasteiger partial charge is 0.232 e. The van der Waals surface area contributed by atoms with Gasteiger partial charge in [0.1, 0.15) is 0 Å². The van der Waals surface area contributed by atoms with Crippen LogP contribution in [0.4, 0.5) is 11.1 Å². The van der Waals surface area contributed by atoms with Crippen LogP contribution in [0.5, 0.6) is 10.8 Å². The molecule has 1 aliphatic heterocycles. The number of aromatic nitrogens is 3. The molecule has 0 spiro atoms. The fourth-order valence-corrected chi connectivity index (χ4v) is 5.74. The highest BCUT2D eigenvalue weighted by Crippen LogP contribution is 2.69. The predicted octanol–water partition coefficient (Wildman–Crippen LogP) is 2.79. The van der Waals surface area contributed by atoms with Crippen molar-refractivity contribution in [2.45, 2.75) is 24.9 Å². The molecular weight excluding hydrogens is 398 g/mol. The zero-order valence-corrected chi connectivity index (χ0v) is 17.1. The molecule has 1 saturated heterocycles. The second-order valence-electron chi connectivity index (χ2n) is 7.56. The number of rotatable bonds is 6. The molecule has 0 radical (unpaired) electrons. The lowest BCUT2D eigenvalue weighted by molar-refractivity contribution is -0.260. The van der Waals surface area contributed by atoms with Gasteiger partial charge in [-0.1, -0.05) is 11.3 Å². The van der Waals surface area contributed by atoms with Crippen LogP contribution < -0.4 is 15.0 Å². The number of thiazole rings is 1. The third kappa shape index (κ3) is 3.13. The van der Waals surface area contributed by atoms with Gasteiger partial charge in [-0.3, -0.25) is 4.79 Å². The van der Waals surface area contributed by atoms with Gasteiger partial charge < -0.3 is 19.7 Å². The number of carbonyl (C=O) groups excluding carboxylic acids is 1. The minimum absolute atomic E-state index is 0.0275. The number of thioether (sulfide) groups is 1. The van der Waals surface area contributed by atoms with E-state index in [9.17, 15) is 4.79 Å². The van der Waals surface area contributed by atoms with E-state index >= 15 is 0 Å². The monoisotopic (exact) mass is 419 g/mol. The Labute approximate surface area is 171 Å². The standard InChI is InChI=1S/C18H21N5O3S2/c1-25-18-9-17(10-18,11-18)14(24)22-16-21-8-13(28-16)26-12-6-19-15(20-7-12)23-2-4-27-5-3-23/h6-8H,2-5,9-11H2,1H3,(H,21,22,24). The lowest BCUT2D eigenvalue weighted by Crippen LogP contribution is -2.72. The Balaban J connectivity index is 1.17. The number of nitrogens with one attached hydrogen (secondary N) is 1. The highest BCUT2D eigenvalue weighted by molar-refractivity contribution is 7.99. The number of ether oxygens (including phenoxy) is 2. The molecule has 2 bridgehead atoms. The second-order valence-corrected chi connectivity index (χ2v) is 9.77. The maximum absolute atomic E-state index is 12.5. The SMILES string of the molecule is COC12CC(C(=O)Nc3ncc(Oc4cnc(N5CCSCC5)nc4)s3)(C1)C2. The molecule has 10 heteroatoms. The van der Waals surface area contributed by atoms with Crippen LogP contribution in [0.2, 0.25) is 0 Å². The first-order valence-corrected chi connectivity index (χ1v) is 11.2. The third-order valence-electron chi connectivity index (χ3n) is 5.73. The normalized spacial score (nSPS) is 28.2. The van der Waals surface area contributed by atoms with Crippen LogP contribution in [0.25, 0.3) is 0 Å². The molecule has 8 nitrogen and oxygen atoms in total. The van der Waals surface area contributed by atoms with Gasteiger partial charge in [-0.25, -0.2) is 15.0 Å². The number of methoxy groups -OCH3 is 1. The summed E-state index contributed by atoms with van der Waals surface area (Å²) in [7, 11) is 1.72. The van der Waals surface area contributed by atoms with Gasteiger partial charge in [0.15, 0.2) is 10.9 Å². The van der Waals surface area contributed by atoms with Crippen molar-refractivity contribution in [2.24, 2.45) is 5.41 Å². The van der Waals surface area contributed by atoms with Crippen LogP contribution in [-0.4, -0.2) is 58.2 Å². The molecule has 3 heterocycles. The minimum Gasteiger partial charge on any atom is -0.442 e. The van der Waals surface area contributed by atoms with E-state index in [-0.39, 0.29) is 16.9 Å². The molecule has 2 aromatic heterocycles. The first kappa shape index (κ1) is 18.1. The van der Waals surface area contributed by atoms with E-state index in [4.69, 9.17) is 9.47 Å². The summed E-state index contributed by atoms with van der Waals surface area (Å²) in [6, 6.07) is 0. The van der Waals surface area contributed by atoms with Crippen LogP contribution in [-0.2, 0) is 9.53 Å². The second kappa shape index (κ2) is 6.85. The minimum atomic E-state index is -0.265. The molecule has 0 unspecified atom stereocenters. The summed E-state index contributed by atoms with van der Waals surface area (Å²) in [4.78, 5) is 27.7. The Hall–Kier alpha value is -1.91. The summed E-state index contributed by atoms with van der Waals surface area (Å²) < 4.78 is 11.2. The van der Waals surface area contributed by atoms with E-state index in [0.717, 1.165) is 49.8 Å². The summed E-state index contributed by atoms with van der Waals surface area (Å²) >= 11 is 3.25. The Morgan fingerprint density at radius 2 is 1.86 bits per heavy atom. The van der Waals surface area contributed by atoms with Crippen molar-refractivity contribution in [1.29, 1.82) is 0 Å². The summed E-state index contributed by atoms with van der Waals surface area (Å²) in [5.74, 6) is 3.52. The largest absolute Gasteiger partial charge is 0.442 e. The Morgan fingerprint density at radius 1 is 1.14 bits per heavy atom. The van der Waals surface area contributed by atoms with Crippen molar-refractivity contribution in [3.8, 4) is 10.8 Å². The number of carbonyl (C=O) groups is 1. The molecule has 3 aliphatic carbocycles. The van der Waals surface area contributed by atoms with E-state index in [1.807, 2.05) is 11.8 Å². The van der Waals surface area contributed by atoms with Crippen molar-refractivity contribution in [3.05, 3.63) is 18.6 Å². The van der Waals surface area contributed by atoms with Crippen molar-refractivity contribution in [3.63, 3.8) is 0 Å². The number of amides is 1. The third-order valence-corrected chi connectivity index (χ3v) is 7.46. The predicted molar refractivity (Wildman–Crippen MR) is 108 cm³/mol. The van der Waals surface area contributed by atoms with E-state index in [1.54, 1.807) is 25.7 Å². The van der Waals surface area contributed by atoms with E-state index in [2.05, 4.69) is 25.2 Å². The molecule has 3 saturated carbocycles. The van der Waals surface area contributed by atoms with Gasteiger partial charge in [-0.15, -0.1) is 0 Å². The van der Waals surface area contributed by atoms with Gasteiger partial charge in [-0.05, 0) is 19.3 Å². The maximum atomic E-state index is 12.5. The average molecular weight is 420 g/mol. The highest BCUT2D eigenvalue weighted by Gasteiger charge is 2.72. The lowest BCUT2D eigenvalue weighted by Gasteiger charge is -2.67. The van der Waals surface area contributed by atoms with Crippen molar-refractivity contribution >= 4 is 40.1 Å². The van der Waals surface area contributed by atoms with Crippen molar-refractivity contribution < 1.29 is 14.3 Å². The van der Waals surface area contributed by atoms with Gasteiger partial charge >= 0.3 is 0 Å². The van der Waals surface area contributed by atoms with Crippen molar-refractivity contribution in [1.82, 2.24) is 15.0 Å². The average Bonchev–Trinajstić information content (AvgIpc) is 3.08. The fraction of sp³-hybridized carbons (Fsp3) is 0.556. The number of nitrogens with zero attached hydrogens (tertiary/aromatic N) is 4. The molecule has 4 aliphatic rings. The number of hydrogen-bond acceptors (Lipinski definition) is 9. The first-order valence-electron chi connectivity index (χ1n) is 9.25. The lowest BCUT2D eigenvalue weighted by atomic mass is 9.41. The van der Waals surface area contributed by atoms with Gasteiger partial charge in [0.25, 0.3) is 0 Å². The molecule has 0 atom stereocenters. The quantitative estimate of drug-likeness (QED) is 0.765. The molecule has 1 amide bonds. The van der Waals surface area contributed by atoms with Crippen LogP contribution in [0.15, 0.2) is 18.6 Å². The van der Waals surface area contributed by atoms with Gasteiger partial charge in [0.05, 0.1) is 29.6 Å². The van der Waals surface area contributed by atoms with Crippen LogP contribution in [0, 0.1) is 5.41 Å². The Bertz CT molecular complexity index is 862. The van der Waals surface area contributed by atoms with Gasteiger partial charge in [-0.2, -0.15) is 11.8 Å². The van der Waals surface area contributed by atoms with Gasteiger partial charge in [0.2, 0.25) is 16.9 Å². The fourth-order valence-electron chi connectivity index (χ4n) is 4.15. The van der Waals surface area contributed by atoms with Crippen LogP contribution >= 0.6 is 23.1 Å². The first-order chi connectivity index (χ1) is 13.6. The topological polar surface area (TPSA) is 89.5 Å². The Kier molecular flexibility index (Phi) is 4.44. The summed E-state index contributed by atoms with van der Waals surface area (Å²) in [6.07, 6.45) is 7.36.